The van der Waals surface area contributed by atoms with Crippen LogP contribution in [-0.2, 0) is 9.59 Å². The quantitative estimate of drug-likeness (QED) is 0.848. The van der Waals surface area contributed by atoms with Gasteiger partial charge in [-0.25, -0.2) is 0 Å². The number of likely N-dealkylation sites (tertiary alicyclic amines) is 1. The summed E-state index contributed by atoms with van der Waals surface area (Å²) in [4.78, 5) is 38.7. The largest absolute Gasteiger partial charge is 0.479 e. The average molecular weight is 383 g/mol. The van der Waals surface area contributed by atoms with Crippen LogP contribution in [0.1, 0.15) is 30.1 Å². The molecule has 8 heteroatoms. The van der Waals surface area contributed by atoms with Crippen LogP contribution in [0.3, 0.4) is 0 Å². The van der Waals surface area contributed by atoms with Gasteiger partial charge in [-0.05, 0) is 44.0 Å². The van der Waals surface area contributed by atoms with Crippen molar-refractivity contribution in [2.45, 2.75) is 25.9 Å². The van der Waals surface area contributed by atoms with E-state index in [1.807, 2.05) is 0 Å². The molecule has 2 aromatic rings. The van der Waals surface area contributed by atoms with Gasteiger partial charge in [0.1, 0.15) is 12.0 Å². The van der Waals surface area contributed by atoms with Crippen molar-refractivity contribution >= 4 is 29.1 Å². The van der Waals surface area contributed by atoms with Crippen molar-refractivity contribution in [2.24, 2.45) is 5.92 Å². The van der Waals surface area contributed by atoms with Crippen molar-refractivity contribution in [1.29, 1.82) is 0 Å². The number of amides is 3. The topological polar surface area (TPSA) is 101 Å². The van der Waals surface area contributed by atoms with Crippen molar-refractivity contribution in [3.63, 3.8) is 0 Å². The SMILES string of the molecule is C[C@@H]1Oc2ccc(NC(=O)[C@@H]3CCCN(C(=O)c4ccoc4)C3)cc2NC1=O. The lowest BCUT2D eigenvalue weighted by molar-refractivity contribution is -0.123. The Morgan fingerprint density at radius 1 is 1.29 bits per heavy atom. The molecular formula is C20H21N3O5. The maximum Gasteiger partial charge on any atom is 0.265 e. The first-order valence-corrected chi connectivity index (χ1v) is 9.25. The van der Waals surface area contributed by atoms with Crippen LogP contribution in [0.2, 0.25) is 0 Å². The summed E-state index contributed by atoms with van der Waals surface area (Å²) in [6.07, 6.45) is 3.79. The predicted molar refractivity (Wildman–Crippen MR) is 101 cm³/mol. The number of rotatable bonds is 3. The smallest absolute Gasteiger partial charge is 0.265 e. The molecule has 3 heterocycles. The number of anilines is 2. The molecule has 1 fully saturated rings. The molecule has 0 saturated carbocycles. The molecule has 2 aliphatic heterocycles. The van der Waals surface area contributed by atoms with E-state index in [-0.39, 0.29) is 23.6 Å². The highest BCUT2D eigenvalue weighted by atomic mass is 16.5. The van der Waals surface area contributed by atoms with Crippen molar-refractivity contribution in [1.82, 2.24) is 4.90 Å². The van der Waals surface area contributed by atoms with Crippen LogP contribution in [0.4, 0.5) is 11.4 Å². The van der Waals surface area contributed by atoms with Crippen LogP contribution in [0.15, 0.2) is 41.2 Å². The van der Waals surface area contributed by atoms with Crippen molar-refractivity contribution < 1.29 is 23.5 Å². The molecule has 8 nitrogen and oxygen atoms in total. The maximum atomic E-state index is 12.7. The lowest BCUT2D eigenvalue weighted by Gasteiger charge is -2.32. The molecule has 146 valence electrons. The minimum Gasteiger partial charge on any atom is -0.479 e. The second-order valence-electron chi connectivity index (χ2n) is 7.05. The number of benzene rings is 1. The molecule has 2 aliphatic rings. The van der Waals surface area contributed by atoms with Gasteiger partial charge >= 0.3 is 0 Å². The van der Waals surface area contributed by atoms with E-state index in [1.165, 1.54) is 12.5 Å². The molecular weight excluding hydrogens is 362 g/mol. The van der Waals surface area contributed by atoms with Crippen LogP contribution >= 0.6 is 0 Å². The van der Waals surface area contributed by atoms with Gasteiger partial charge in [-0.1, -0.05) is 0 Å². The minimum absolute atomic E-state index is 0.131. The monoisotopic (exact) mass is 383 g/mol. The van der Waals surface area contributed by atoms with E-state index >= 15 is 0 Å². The van der Waals surface area contributed by atoms with Gasteiger partial charge in [0.25, 0.3) is 11.8 Å². The van der Waals surface area contributed by atoms with E-state index in [0.717, 1.165) is 6.42 Å². The van der Waals surface area contributed by atoms with Crippen LogP contribution in [0, 0.1) is 5.92 Å². The first-order chi connectivity index (χ1) is 13.5. The van der Waals surface area contributed by atoms with E-state index in [1.54, 1.807) is 36.1 Å². The number of fused-ring (bicyclic) bond motifs is 1. The molecule has 0 bridgehead atoms. The summed E-state index contributed by atoms with van der Waals surface area (Å²) in [5.74, 6) is -0.238. The van der Waals surface area contributed by atoms with Gasteiger partial charge < -0.3 is 24.7 Å². The molecule has 0 unspecified atom stereocenters. The summed E-state index contributed by atoms with van der Waals surface area (Å²) < 4.78 is 10.5. The predicted octanol–water partition coefficient (Wildman–Crippen LogP) is 2.49. The van der Waals surface area contributed by atoms with Gasteiger partial charge in [0.05, 0.1) is 23.4 Å². The van der Waals surface area contributed by atoms with Crippen LogP contribution in [-0.4, -0.2) is 41.8 Å². The van der Waals surface area contributed by atoms with Crippen LogP contribution in [0.5, 0.6) is 5.75 Å². The Bertz CT molecular complexity index is 909. The molecule has 4 rings (SSSR count). The van der Waals surface area contributed by atoms with Gasteiger partial charge in [0.15, 0.2) is 6.10 Å². The normalized spacial score (nSPS) is 21.3. The highest BCUT2D eigenvalue weighted by Gasteiger charge is 2.30. The van der Waals surface area contributed by atoms with Gasteiger partial charge in [-0.3, -0.25) is 14.4 Å². The summed E-state index contributed by atoms with van der Waals surface area (Å²) in [6, 6.07) is 6.75. The Morgan fingerprint density at radius 3 is 2.93 bits per heavy atom. The Balaban J connectivity index is 1.41. The summed E-state index contributed by atoms with van der Waals surface area (Å²) in [7, 11) is 0. The molecule has 2 atom stereocenters. The second-order valence-corrected chi connectivity index (χ2v) is 7.05. The van der Waals surface area contributed by atoms with Crippen molar-refractivity contribution in [2.75, 3.05) is 23.7 Å². The third-order valence-corrected chi connectivity index (χ3v) is 5.03. The summed E-state index contributed by atoms with van der Waals surface area (Å²) >= 11 is 0. The number of furan rings is 1. The molecule has 3 amide bonds. The molecule has 2 N–H and O–H groups in total. The zero-order valence-electron chi connectivity index (χ0n) is 15.4. The molecule has 1 saturated heterocycles. The Hall–Kier alpha value is -3.29. The number of ether oxygens (including phenoxy) is 1. The number of carbonyl (C=O) groups is 3. The summed E-state index contributed by atoms with van der Waals surface area (Å²) in [5, 5.41) is 5.64. The zero-order chi connectivity index (χ0) is 19.7. The van der Waals surface area contributed by atoms with Gasteiger partial charge in [0.2, 0.25) is 5.91 Å². The summed E-state index contributed by atoms with van der Waals surface area (Å²) in [5.41, 5.74) is 1.59. The standard InChI is InChI=1S/C20H21N3O5/c1-12-18(24)22-16-9-15(4-5-17(16)28-12)21-19(25)13-3-2-7-23(10-13)20(26)14-6-8-27-11-14/h4-6,8-9,11-13H,2-3,7,10H2,1H3,(H,21,25)(H,22,24)/t12-,13+/m0/s1. The molecule has 28 heavy (non-hydrogen) atoms. The fourth-order valence-electron chi connectivity index (χ4n) is 3.48. The van der Waals surface area contributed by atoms with Gasteiger partial charge in [0, 0.05) is 18.8 Å². The second kappa shape index (κ2) is 7.38. The minimum atomic E-state index is -0.547. The number of hydrogen-bond donors (Lipinski definition) is 2. The van der Waals surface area contributed by atoms with Crippen molar-refractivity contribution in [3.8, 4) is 5.75 Å². The highest BCUT2D eigenvalue weighted by Crippen LogP contribution is 2.32. The van der Waals surface area contributed by atoms with Gasteiger partial charge in [-0.15, -0.1) is 0 Å². The maximum absolute atomic E-state index is 12.7. The Labute approximate surface area is 161 Å². The number of piperidine rings is 1. The molecule has 1 aromatic carbocycles. The van der Waals surface area contributed by atoms with E-state index in [4.69, 9.17) is 9.15 Å². The van der Waals surface area contributed by atoms with E-state index < -0.39 is 6.10 Å². The highest BCUT2D eigenvalue weighted by molar-refractivity contribution is 6.00. The van der Waals surface area contributed by atoms with E-state index in [2.05, 4.69) is 10.6 Å². The molecule has 0 radical (unpaired) electrons. The Kier molecular flexibility index (Phi) is 4.77. The molecule has 0 spiro atoms. The third kappa shape index (κ3) is 3.58. The van der Waals surface area contributed by atoms with E-state index in [0.29, 0.717) is 42.2 Å². The number of nitrogens with zero attached hydrogens (tertiary/aromatic N) is 1. The molecule has 1 aromatic heterocycles. The van der Waals surface area contributed by atoms with Gasteiger partial charge in [-0.2, -0.15) is 0 Å². The first-order valence-electron chi connectivity index (χ1n) is 9.25. The Morgan fingerprint density at radius 2 is 2.14 bits per heavy atom. The fourth-order valence-corrected chi connectivity index (χ4v) is 3.48. The average Bonchev–Trinajstić information content (AvgIpc) is 3.23. The lowest BCUT2D eigenvalue weighted by atomic mass is 9.96. The van der Waals surface area contributed by atoms with Crippen LogP contribution < -0.4 is 15.4 Å². The first kappa shape index (κ1) is 18.1. The summed E-state index contributed by atoms with van der Waals surface area (Å²) in [6.45, 7) is 2.65. The van der Waals surface area contributed by atoms with E-state index in [9.17, 15) is 14.4 Å². The van der Waals surface area contributed by atoms with Crippen molar-refractivity contribution in [3.05, 3.63) is 42.4 Å². The number of carbonyl (C=O) groups excluding carboxylic acids is 3. The number of nitrogens with one attached hydrogen (secondary N) is 2. The number of hydrogen-bond acceptors (Lipinski definition) is 5. The third-order valence-electron chi connectivity index (χ3n) is 5.03. The molecule has 0 aliphatic carbocycles. The van der Waals surface area contributed by atoms with Crippen LogP contribution in [0.25, 0.3) is 0 Å². The fraction of sp³-hybridized carbons (Fsp3) is 0.350. The zero-order valence-corrected chi connectivity index (χ0v) is 15.4. The lowest BCUT2D eigenvalue weighted by Crippen LogP contribution is -2.43.